The van der Waals surface area contributed by atoms with Crippen LogP contribution in [0, 0.1) is 0 Å². The van der Waals surface area contributed by atoms with Crippen molar-refractivity contribution in [3.63, 3.8) is 0 Å². The van der Waals surface area contributed by atoms with Gasteiger partial charge < -0.3 is 29.6 Å². The zero-order valence-corrected chi connectivity index (χ0v) is 26.4. The average molecular weight is 634 g/mol. The summed E-state index contributed by atoms with van der Waals surface area (Å²) in [4.78, 5) is 26.7. The fraction of sp³-hybridized carbons (Fsp3) is 0.212. The van der Waals surface area contributed by atoms with Crippen molar-refractivity contribution >= 4 is 33.2 Å². The molecule has 4 aromatic rings. The number of carbonyl (C=O) groups excluding carboxylic acids is 2. The second-order valence-corrected chi connectivity index (χ2v) is 11.6. The van der Waals surface area contributed by atoms with Gasteiger partial charge in [-0.15, -0.1) is 0 Å². The van der Waals surface area contributed by atoms with Crippen molar-refractivity contribution in [3.05, 3.63) is 102 Å². The predicted octanol–water partition coefficient (Wildman–Crippen LogP) is 5.05. The Morgan fingerprint density at radius 1 is 0.756 bits per heavy atom. The number of amides is 2. The summed E-state index contributed by atoms with van der Waals surface area (Å²) in [6, 6.07) is 24.3. The van der Waals surface area contributed by atoms with Gasteiger partial charge in [-0.2, -0.15) is 0 Å². The van der Waals surface area contributed by atoms with Gasteiger partial charge in [0.15, 0.2) is 11.5 Å². The number of carbonyl (C=O) groups is 2. The molecule has 4 rings (SSSR count). The van der Waals surface area contributed by atoms with E-state index in [1.54, 1.807) is 30.3 Å². The lowest BCUT2D eigenvalue weighted by Crippen LogP contribution is -2.38. The normalized spacial score (nSPS) is 11.6. The molecule has 2 N–H and O–H groups in total. The summed E-state index contributed by atoms with van der Waals surface area (Å²) in [5.41, 5.74) is 1.39. The summed E-state index contributed by atoms with van der Waals surface area (Å²) in [5.74, 6) is -0.0798. The molecule has 12 heteroatoms. The van der Waals surface area contributed by atoms with Gasteiger partial charge in [0, 0.05) is 12.1 Å². The van der Waals surface area contributed by atoms with Gasteiger partial charge in [-0.05, 0) is 48.9 Å². The number of benzene rings is 4. The first-order valence-electron chi connectivity index (χ1n) is 13.8. The van der Waals surface area contributed by atoms with Crippen LogP contribution in [-0.4, -0.2) is 55.2 Å². The number of nitrogens with zero attached hydrogens (tertiary/aromatic N) is 1. The highest BCUT2D eigenvalue weighted by molar-refractivity contribution is 7.92. The highest BCUT2D eigenvalue weighted by Crippen LogP contribution is 2.37. The highest BCUT2D eigenvalue weighted by Gasteiger charge is 2.31. The Morgan fingerprint density at radius 2 is 1.40 bits per heavy atom. The Labute approximate surface area is 262 Å². The molecule has 45 heavy (non-hydrogen) atoms. The maximum absolute atomic E-state index is 14.2. The van der Waals surface area contributed by atoms with E-state index in [4.69, 9.17) is 18.9 Å². The minimum Gasteiger partial charge on any atom is -0.497 e. The Morgan fingerprint density at radius 3 is 2.07 bits per heavy atom. The van der Waals surface area contributed by atoms with Crippen molar-refractivity contribution in [2.75, 3.05) is 44.6 Å². The van der Waals surface area contributed by atoms with Crippen LogP contribution in [0.2, 0.25) is 0 Å². The van der Waals surface area contributed by atoms with E-state index in [2.05, 4.69) is 10.6 Å². The van der Waals surface area contributed by atoms with Crippen LogP contribution in [0.5, 0.6) is 23.0 Å². The number of ether oxygens (including phenoxy) is 4. The topological polar surface area (TPSA) is 132 Å². The lowest BCUT2D eigenvalue weighted by molar-refractivity contribution is -0.114. The van der Waals surface area contributed by atoms with Crippen molar-refractivity contribution in [2.45, 2.75) is 17.9 Å². The molecule has 0 spiro atoms. The number of anilines is 2. The smallest absolute Gasteiger partial charge is 0.265 e. The molecule has 0 aromatic heterocycles. The van der Waals surface area contributed by atoms with Crippen molar-refractivity contribution < 1.29 is 37.0 Å². The molecule has 0 aliphatic rings. The molecule has 0 saturated carbocycles. The van der Waals surface area contributed by atoms with Crippen LogP contribution in [-0.2, 0) is 14.8 Å². The molecule has 0 aliphatic heterocycles. The van der Waals surface area contributed by atoms with Crippen LogP contribution in [0.4, 0.5) is 11.4 Å². The van der Waals surface area contributed by atoms with Gasteiger partial charge in [-0.25, -0.2) is 8.42 Å². The average Bonchev–Trinajstić information content (AvgIpc) is 3.06. The lowest BCUT2D eigenvalue weighted by atomic mass is 10.1. The van der Waals surface area contributed by atoms with Crippen LogP contribution in [0.15, 0.2) is 95.9 Å². The molecule has 1 atom stereocenters. The van der Waals surface area contributed by atoms with Crippen LogP contribution in [0.25, 0.3) is 0 Å². The Balaban J connectivity index is 1.69. The number of nitrogens with one attached hydrogen (secondary N) is 2. The molecule has 2 amide bonds. The predicted molar refractivity (Wildman–Crippen MR) is 171 cm³/mol. The molecule has 0 unspecified atom stereocenters. The summed E-state index contributed by atoms with van der Waals surface area (Å²) in [6.45, 7) is 1.18. The van der Waals surface area contributed by atoms with Gasteiger partial charge in [0.1, 0.15) is 18.0 Å². The molecule has 11 nitrogen and oxygen atoms in total. The fourth-order valence-electron chi connectivity index (χ4n) is 4.61. The Bertz CT molecular complexity index is 1760. The van der Waals surface area contributed by atoms with Crippen LogP contribution < -0.4 is 33.9 Å². The van der Waals surface area contributed by atoms with E-state index in [9.17, 15) is 18.0 Å². The maximum atomic E-state index is 14.2. The van der Waals surface area contributed by atoms with Gasteiger partial charge in [0.05, 0.1) is 56.3 Å². The summed E-state index contributed by atoms with van der Waals surface area (Å²) < 4.78 is 50.6. The molecule has 0 saturated heterocycles. The molecular formula is C33H35N3O8S. The zero-order valence-electron chi connectivity index (χ0n) is 25.6. The van der Waals surface area contributed by atoms with E-state index < -0.39 is 28.4 Å². The molecular weight excluding hydrogens is 598 g/mol. The summed E-state index contributed by atoms with van der Waals surface area (Å²) >= 11 is 0. The first kappa shape index (κ1) is 32.7. The molecule has 4 aromatic carbocycles. The molecule has 0 radical (unpaired) electrons. The molecule has 0 aliphatic carbocycles. The Hall–Kier alpha value is -5.23. The number of hydrogen-bond donors (Lipinski definition) is 2. The lowest BCUT2D eigenvalue weighted by Gasteiger charge is -2.26. The molecule has 0 heterocycles. The van der Waals surface area contributed by atoms with Crippen LogP contribution in [0.1, 0.15) is 28.9 Å². The second-order valence-electron chi connectivity index (χ2n) is 9.77. The Kier molecular flexibility index (Phi) is 10.5. The van der Waals surface area contributed by atoms with Gasteiger partial charge in [0.2, 0.25) is 5.91 Å². The largest absolute Gasteiger partial charge is 0.497 e. The third kappa shape index (κ3) is 7.47. The number of para-hydroxylation sites is 1. The molecule has 236 valence electrons. The second kappa shape index (κ2) is 14.5. The van der Waals surface area contributed by atoms with Gasteiger partial charge in [0.25, 0.3) is 15.9 Å². The van der Waals surface area contributed by atoms with Crippen molar-refractivity contribution in [1.29, 1.82) is 0 Å². The van der Waals surface area contributed by atoms with Gasteiger partial charge in [-0.3, -0.25) is 13.9 Å². The summed E-state index contributed by atoms with van der Waals surface area (Å²) in [5, 5.41) is 5.65. The monoisotopic (exact) mass is 633 g/mol. The summed E-state index contributed by atoms with van der Waals surface area (Å²) in [7, 11) is 1.24. The number of sulfonamides is 1. The van der Waals surface area contributed by atoms with E-state index in [1.165, 1.54) is 58.8 Å². The maximum Gasteiger partial charge on any atom is 0.265 e. The third-order valence-electron chi connectivity index (χ3n) is 6.98. The first-order chi connectivity index (χ1) is 21.6. The standard InChI is InChI=1S/C33H35N3O8S/c1-22(23-11-7-6-8-12-23)34-33(38)26-13-9-10-14-27(26)35-32(37)21-36(28-19-24(41-2)15-17-29(28)42-3)45(39,40)25-16-18-30(43-4)31(20-25)44-5/h6-20,22H,21H2,1-5H3,(H,34,38)(H,35,37)/t22-/m1/s1. The summed E-state index contributed by atoms with van der Waals surface area (Å²) in [6.07, 6.45) is 0. The quantitative estimate of drug-likeness (QED) is 0.209. The zero-order chi connectivity index (χ0) is 32.6. The minimum atomic E-state index is -4.41. The first-order valence-corrected chi connectivity index (χ1v) is 15.3. The highest BCUT2D eigenvalue weighted by atomic mass is 32.2. The van der Waals surface area contributed by atoms with E-state index in [1.807, 2.05) is 37.3 Å². The van der Waals surface area contributed by atoms with Gasteiger partial charge >= 0.3 is 0 Å². The van der Waals surface area contributed by atoms with Crippen molar-refractivity contribution in [3.8, 4) is 23.0 Å². The van der Waals surface area contributed by atoms with E-state index in [0.717, 1.165) is 9.87 Å². The SMILES string of the molecule is COc1ccc(OC)c(N(CC(=O)Nc2ccccc2C(=O)N[C@H](C)c2ccccc2)S(=O)(=O)c2ccc(OC)c(OC)c2)c1. The number of methoxy groups -OCH3 is 4. The van der Waals surface area contributed by atoms with Crippen LogP contribution in [0.3, 0.4) is 0 Å². The fourth-order valence-corrected chi connectivity index (χ4v) is 6.04. The van der Waals surface area contributed by atoms with E-state index in [0.29, 0.717) is 11.5 Å². The van der Waals surface area contributed by atoms with Crippen molar-refractivity contribution in [2.24, 2.45) is 0 Å². The van der Waals surface area contributed by atoms with Gasteiger partial charge in [-0.1, -0.05) is 42.5 Å². The number of hydrogen-bond acceptors (Lipinski definition) is 8. The number of rotatable bonds is 13. The molecule has 0 fully saturated rings. The minimum absolute atomic E-state index is 0.0597. The van der Waals surface area contributed by atoms with E-state index >= 15 is 0 Å². The molecule has 0 bridgehead atoms. The third-order valence-corrected chi connectivity index (χ3v) is 8.73. The van der Waals surface area contributed by atoms with Crippen molar-refractivity contribution in [1.82, 2.24) is 5.32 Å². The van der Waals surface area contributed by atoms with Crippen LogP contribution >= 0.6 is 0 Å². The van der Waals surface area contributed by atoms with E-state index in [-0.39, 0.29) is 39.4 Å².